The van der Waals surface area contributed by atoms with Crippen molar-refractivity contribution in [3.8, 4) is 0 Å². The van der Waals surface area contributed by atoms with E-state index in [1.165, 1.54) is 6.07 Å². The zero-order valence-electron chi connectivity index (χ0n) is 23.1. The van der Waals surface area contributed by atoms with Crippen LogP contribution in [0.2, 0.25) is 10.0 Å². The van der Waals surface area contributed by atoms with Crippen molar-refractivity contribution < 1.29 is 27.8 Å². The monoisotopic (exact) mass is 613 g/mol. The lowest BCUT2D eigenvalue weighted by atomic mass is 9.46. The molecule has 6 nitrogen and oxygen atoms in total. The summed E-state index contributed by atoms with van der Waals surface area (Å²) in [5.41, 5.74) is -1.52. The molecule has 1 aliphatic carbocycles. The Morgan fingerprint density at radius 1 is 1.17 bits per heavy atom. The Labute approximate surface area is 248 Å². The van der Waals surface area contributed by atoms with Crippen LogP contribution < -0.4 is 16.0 Å². The third kappa shape index (κ3) is 5.01. The molecule has 0 aromatic heterocycles. The molecule has 5 rings (SSSR count). The van der Waals surface area contributed by atoms with Gasteiger partial charge in [-0.2, -0.15) is 0 Å². The molecule has 41 heavy (non-hydrogen) atoms. The van der Waals surface area contributed by atoms with Crippen LogP contribution in [0, 0.1) is 11.2 Å². The molecule has 4 N–H and O–H groups in total. The van der Waals surface area contributed by atoms with Gasteiger partial charge in [0.2, 0.25) is 5.91 Å². The highest BCUT2D eigenvalue weighted by atomic mass is 35.5. The van der Waals surface area contributed by atoms with Gasteiger partial charge in [-0.1, -0.05) is 48.3 Å². The Morgan fingerprint density at radius 2 is 1.90 bits per heavy atom. The van der Waals surface area contributed by atoms with Gasteiger partial charge in [0.15, 0.2) is 0 Å². The first-order chi connectivity index (χ1) is 19.6. The van der Waals surface area contributed by atoms with Crippen LogP contribution in [0.25, 0.3) is 0 Å². The Kier molecular flexibility index (Phi) is 8.58. The van der Waals surface area contributed by atoms with Gasteiger partial charge in [0.05, 0.1) is 49.8 Å². The standard InChI is InChI=1S/C30H36Cl2F3N3O3/c1-28(21-9-6-17(31)10-23(21)36-2)24(20-4-3-5-22(32)25(20)35)26(38-30(28)13-29(14-30,15-33)16-34)27(40)37-18-7-8-19(11-39)41-12-18/h3-6,9-10,18-19,24,26,36,38-39H,7-8,11-16H2,1-2H3,(H,37,40)/t18-,19+,24+,26-,28-/m1/s1. The predicted molar refractivity (Wildman–Crippen MR) is 154 cm³/mol. The molecule has 224 valence electrons. The highest BCUT2D eigenvalue weighted by molar-refractivity contribution is 6.31. The van der Waals surface area contributed by atoms with Gasteiger partial charge in [-0.05, 0) is 55.0 Å². The summed E-state index contributed by atoms with van der Waals surface area (Å²) in [5, 5.41) is 19.5. The van der Waals surface area contributed by atoms with Crippen LogP contribution in [0.3, 0.4) is 0 Å². The van der Waals surface area contributed by atoms with Gasteiger partial charge in [-0.3, -0.25) is 18.9 Å². The minimum absolute atomic E-state index is 0.0823. The number of nitrogens with one attached hydrogen (secondary N) is 3. The molecule has 1 saturated carbocycles. The number of carbonyl (C=O) groups excluding carboxylic acids is 1. The molecule has 2 aliphatic heterocycles. The van der Waals surface area contributed by atoms with Crippen LogP contribution in [-0.4, -0.2) is 68.4 Å². The predicted octanol–water partition coefficient (Wildman–Crippen LogP) is 5.30. The van der Waals surface area contributed by atoms with Crippen molar-refractivity contribution in [1.29, 1.82) is 0 Å². The molecule has 0 bridgehead atoms. The molecule has 3 fully saturated rings. The molecule has 3 aliphatic rings. The maximum Gasteiger partial charge on any atom is 0.238 e. The zero-order valence-corrected chi connectivity index (χ0v) is 24.6. The lowest BCUT2D eigenvalue weighted by Crippen LogP contribution is -2.68. The van der Waals surface area contributed by atoms with Crippen molar-refractivity contribution in [2.24, 2.45) is 5.41 Å². The third-order valence-corrected chi connectivity index (χ3v) is 10.2. The molecular formula is C30H36Cl2F3N3O3. The van der Waals surface area contributed by atoms with Crippen molar-refractivity contribution in [2.45, 2.75) is 67.7 Å². The average Bonchev–Trinajstić information content (AvgIpc) is 3.23. The number of benzene rings is 2. The summed E-state index contributed by atoms with van der Waals surface area (Å²) in [6.07, 6.45) is 1.14. The van der Waals surface area contributed by atoms with Gasteiger partial charge in [0.25, 0.3) is 0 Å². The van der Waals surface area contributed by atoms with Gasteiger partial charge >= 0.3 is 0 Å². The fourth-order valence-corrected chi connectivity index (χ4v) is 7.86. The molecule has 1 spiro atoms. The van der Waals surface area contributed by atoms with Crippen molar-refractivity contribution in [1.82, 2.24) is 10.6 Å². The van der Waals surface area contributed by atoms with E-state index in [4.69, 9.17) is 27.9 Å². The second-order valence-electron chi connectivity index (χ2n) is 12.0. The number of aliphatic hydroxyl groups excluding tert-OH is 1. The molecule has 0 radical (unpaired) electrons. The van der Waals surface area contributed by atoms with Crippen LogP contribution in [-0.2, 0) is 14.9 Å². The highest BCUT2D eigenvalue weighted by Gasteiger charge is 2.72. The smallest absolute Gasteiger partial charge is 0.238 e. The van der Waals surface area contributed by atoms with E-state index in [9.17, 15) is 18.7 Å². The lowest BCUT2D eigenvalue weighted by Gasteiger charge is -2.60. The largest absolute Gasteiger partial charge is 0.394 e. The van der Waals surface area contributed by atoms with E-state index >= 15 is 4.39 Å². The number of rotatable bonds is 8. The van der Waals surface area contributed by atoms with Gasteiger partial charge in [-0.15, -0.1) is 0 Å². The summed E-state index contributed by atoms with van der Waals surface area (Å²) < 4.78 is 50.1. The van der Waals surface area contributed by atoms with E-state index in [1.807, 2.05) is 13.0 Å². The van der Waals surface area contributed by atoms with Crippen LogP contribution in [0.4, 0.5) is 18.9 Å². The van der Waals surface area contributed by atoms with E-state index in [2.05, 4.69) is 16.0 Å². The van der Waals surface area contributed by atoms with E-state index in [1.54, 1.807) is 31.3 Å². The SMILES string of the molecule is CNc1cc(Cl)ccc1[C@]1(C)[C@@H](c2cccc(Cl)c2F)[C@H](C(=O)N[C@@H]2CC[C@@H](CO)OC2)NC12CC(CF)(CF)C2. The lowest BCUT2D eigenvalue weighted by molar-refractivity contribution is -0.126. The van der Waals surface area contributed by atoms with Gasteiger partial charge in [0, 0.05) is 40.0 Å². The topological polar surface area (TPSA) is 82.6 Å². The van der Waals surface area contributed by atoms with E-state index in [0.717, 1.165) is 5.56 Å². The summed E-state index contributed by atoms with van der Waals surface area (Å²) in [4.78, 5) is 14.1. The molecule has 1 amide bonds. The number of amides is 1. The maximum absolute atomic E-state index is 15.9. The Morgan fingerprint density at radius 3 is 2.51 bits per heavy atom. The number of hydrogen-bond acceptors (Lipinski definition) is 5. The van der Waals surface area contributed by atoms with Crippen molar-refractivity contribution in [2.75, 3.05) is 38.9 Å². The second kappa shape index (κ2) is 11.6. The van der Waals surface area contributed by atoms with Gasteiger partial charge in [-0.25, -0.2) is 4.39 Å². The van der Waals surface area contributed by atoms with Crippen LogP contribution >= 0.6 is 23.2 Å². The van der Waals surface area contributed by atoms with Crippen LogP contribution in [0.1, 0.15) is 49.7 Å². The van der Waals surface area contributed by atoms with Crippen molar-refractivity contribution >= 4 is 34.8 Å². The number of halogens is 5. The van der Waals surface area contributed by atoms with Gasteiger partial charge < -0.3 is 20.5 Å². The molecule has 2 aromatic carbocycles. The summed E-state index contributed by atoms with van der Waals surface area (Å²) in [7, 11) is 1.74. The van der Waals surface area contributed by atoms with E-state index in [-0.39, 0.29) is 54.7 Å². The van der Waals surface area contributed by atoms with Gasteiger partial charge in [0.1, 0.15) is 5.82 Å². The summed E-state index contributed by atoms with van der Waals surface area (Å²) in [6.45, 7) is 0.373. The zero-order chi connectivity index (χ0) is 29.6. The number of ether oxygens (including phenoxy) is 1. The maximum atomic E-state index is 15.9. The summed E-state index contributed by atoms with van der Waals surface area (Å²) in [6, 6.07) is 8.75. The normalized spacial score (nSPS) is 30.1. The molecule has 2 saturated heterocycles. The number of aliphatic hydroxyl groups is 1. The number of carbonyl (C=O) groups is 1. The Bertz CT molecular complexity index is 1280. The summed E-state index contributed by atoms with van der Waals surface area (Å²) in [5.74, 6) is -1.82. The number of alkyl halides is 2. The molecule has 2 heterocycles. The highest BCUT2D eigenvalue weighted by Crippen LogP contribution is 2.66. The minimum Gasteiger partial charge on any atom is -0.394 e. The van der Waals surface area contributed by atoms with Crippen molar-refractivity contribution in [3.63, 3.8) is 0 Å². The Balaban J connectivity index is 1.65. The van der Waals surface area contributed by atoms with E-state index < -0.39 is 47.5 Å². The molecule has 2 aromatic rings. The average molecular weight is 615 g/mol. The fourth-order valence-electron chi connectivity index (χ4n) is 7.51. The minimum atomic E-state index is -1.19. The first-order valence-corrected chi connectivity index (χ1v) is 14.7. The quantitative estimate of drug-likeness (QED) is 0.325. The number of hydrogen-bond donors (Lipinski definition) is 4. The molecular weight excluding hydrogens is 578 g/mol. The first-order valence-electron chi connectivity index (χ1n) is 13.9. The second-order valence-corrected chi connectivity index (χ2v) is 12.9. The summed E-state index contributed by atoms with van der Waals surface area (Å²) >= 11 is 12.6. The van der Waals surface area contributed by atoms with Crippen molar-refractivity contribution in [3.05, 3.63) is 63.4 Å². The third-order valence-electron chi connectivity index (χ3n) is 9.63. The van der Waals surface area contributed by atoms with E-state index in [0.29, 0.717) is 23.6 Å². The Hall–Kier alpha value is -2.04. The first kappa shape index (κ1) is 30.4. The molecule has 11 heteroatoms. The fraction of sp³-hybridized carbons (Fsp3) is 0.567. The van der Waals surface area contributed by atoms with Crippen LogP contribution in [0.5, 0.6) is 0 Å². The van der Waals surface area contributed by atoms with Crippen LogP contribution in [0.15, 0.2) is 36.4 Å². The molecule has 5 atom stereocenters. The molecule has 0 unspecified atom stereocenters. The number of anilines is 1.